The normalized spacial score (nSPS) is 25.2. The Morgan fingerprint density at radius 3 is 2.62 bits per heavy atom. The molecule has 1 saturated carbocycles. The molecular weight excluding hydrogens is 322 g/mol. The van der Waals surface area contributed by atoms with Crippen LogP contribution in [0.4, 0.5) is 0 Å². The Balaban J connectivity index is 1.57. The SMILES string of the molecule is Cc1ccsc1[C@@H]1C[C@@H]1C(=O)N1Cc2ccccc2C[C@H]1C(=O)O. The van der Waals surface area contributed by atoms with Gasteiger partial charge < -0.3 is 10.0 Å². The third-order valence-corrected chi connectivity index (χ3v) is 6.31. The Bertz CT molecular complexity index is 812. The average Bonchev–Trinajstić information content (AvgIpc) is 3.26. The zero-order chi connectivity index (χ0) is 16.8. The molecule has 1 aromatic heterocycles. The Labute approximate surface area is 144 Å². The van der Waals surface area contributed by atoms with Gasteiger partial charge in [-0.2, -0.15) is 0 Å². The molecule has 1 aliphatic carbocycles. The Morgan fingerprint density at radius 1 is 1.21 bits per heavy atom. The Kier molecular flexibility index (Phi) is 3.68. The highest BCUT2D eigenvalue weighted by atomic mass is 32.1. The topological polar surface area (TPSA) is 57.6 Å². The lowest BCUT2D eigenvalue weighted by Crippen LogP contribution is -2.49. The summed E-state index contributed by atoms with van der Waals surface area (Å²) in [6.45, 7) is 2.47. The molecule has 1 fully saturated rings. The first-order valence-electron chi connectivity index (χ1n) is 8.20. The highest BCUT2D eigenvalue weighted by Crippen LogP contribution is 2.51. The molecule has 2 heterocycles. The fourth-order valence-corrected chi connectivity index (χ4v) is 4.82. The molecule has 0 radical (unpaired) electrons. The maximum Gasteiger partial charge on any atom is 0.326 e. The van der Waals surface area contributed by atoms with Crippen molar-refractivity contribution >= 4 is 23.2 Å². The lowest BCUT2D eigenvalue weighted by atomic mass is 9.93. The molecule has 2 aromatic rings. The molecule has 1 aromatic carbocycles. The van der Waals surface area contributed by atoms with Crippen molar-refractivity contribution in [3.05, 3.63) is 57.3 Å². The van der Waals surface area contributed by atoms with Crippen LogP contribution < -0.4 is 0 Å². The number of rotatable bonds is 3. The fraction of sp³-hybridized carbons (Fsp3) is 0.368. The second-order valence-corrected chi connectivity index (χ2v) is 7.66. The number of nitrogens with zero attached hydrogens (tertiary/aromatic N) is 1. The number of benzene rings is 1. The number of aliphatic carboxylic acids is 1. The number of carbonyl (C=O) groups excluding carboxylic acids is 1. The van der Waals surface area contributed by atoms with Gasteiger partial charge in [-0.25, -0.2) is 4.79 Å². The van der Waals surface area contributed by atoms with Crippen LogP contribution in [0.3, 0.4) is 0 Å². The second kappa shape index (κ2) is 5.74. The first kappa shape index (κ1) is 15.4. The van der Waals surface area contributed by atoms with Crippen molar-refractivity contribution < 1.29 is 14.7 Å². The van der Waals surface area contributed by atoms with Gasteiger partial charge in [0, 0.05) is 29.7 Å². The number of fused-ring (bicyclic) bond motifs is 1. The summed E-state index contributed by atoms with van der Waals surface area (Å²) in [4.78, 5) is 27.5. The summed E-state index contributed by atoms with van der Waals surface area (Å²) in [6, 6.07) is 9.14. The van der Waals surface area contributed by atoms with Gasteiger partial charge in [-0.15, -0.1) is 11.3 Å². The minimum Gasteiger partial charge on any atom is -0.480 e. The molecule has 2 aliphatic rings. The first-order chi connectivity index (χ1) is 11.6. The van der Waals surface area contributed by atoms with Crippen LogP contribution in [-0.4, -0.2) is 27.9 Å². The zero-order valence-electron chi connectivity index (χ0n) is 13.4. The van der Waals surface area contributed by atoms with Crippen LogP contribution in [0.5, 0.6) is 0 Å². The standard InChI is InChI=1S/C19H19NO3S/c1-11-6-7-24-17(11)14-9-15(14)18(21)20-10-13-5-3-2-4-12(13)8-16(20)19(22)23/h2-7,14-16H,8-10H2,1H3,(H,22,23)/t14-,15+,16+/m1/s1. The molecule has 24 heavy (non-hydrogen) atoms. The van der Waals surface area contributed by atoms with E-state index in [9.17, 15) is 14.7 Å². The predicted octanol–water partition coefficient (Wildman–Crippen LogP) is 3.20. The van der Waals surface area contributed by atoms with Crippen LogP contribution in [0.2, 0.25) is 0 Å². The van der Waals surface area contributed by atoms with Gasteiger partial charge in [0.1, 0.15) is 6.04 Å². The van der Waals surface area contributed by atoms with Crippen LogP contribution in [0.15, 0.2) is 35.7 Å². The smallest absolute Gasteiger partial charge is 0.326 e. The number of hydrogen-bond donors (Lipinski definition) is 1. The fourth-order valence-electron chi connectivity index (χ4n) is 3.71. The molecule has 0 unspecified atom stereocenters. The van der Waals surface area contributed by atoms with Crippen LogP contribution in [0, 0.1) is 12.8 Å². The lowest BCUT2D eigenvalue weighted by molar-refractivity contribution is -0.152. The van der Waals surface area contributed by atoms with Crippen molar-refractivity contribution in [2.24, 2.45) is 5.92 Å². The second-order valence-electron chi connectivity index (χ2n) is 6.71. The predicted molar refractivity (Wildman–Crippen MR) is 92.0 cm³/mol. The van der Waals surface area contributed by atoms with Crippen molar-refractivity contribution in [2.75, 3.05) is 0 Å². The summed E-state index contributed by atoms with van der Waals surface area (Å²) in [5.41, 5.74) is 3.34. The minimum atomic E-state index is -0.914. The molecule has 1 amide bonds. The van der Waals surface area contributed by atoms with E-state index in [1.54, 1.807) is 16.2 Å². The third-order valence-electron chi connectivity index (χ3n) is 5.16. The third kappa shape index (κ3) is 2.53. The Hall–Kier alpha value is -2.14. The molecule has 0 bridgehead atoms. The zero-order valence-corrected chi connectivity index (χ0v) is 14.3. The molecule has 4 nitrogen and oxygen atoms in total. The molecule has 1 aliphatic heterocycles. The summed E-state index contributed by atoms with van der Waals surface area (Å²) < 4.78 is 0. The quantitative estimate of drug-likeness (QED) is 0.933. The summed E-state index contributed by atoms with van der Waals surface area (Å²) >= 11 is 1.70. The van der Waals surface area contributed by atoms with E-state index in [1.165, 1.54) is 10.4 Å². The summed E-state index contributed by atoms with van der Waals surface area (Å²) in [7, 11) is 0. The first-order valence-corrected chi connectivity index (χ1v) is 9.08. The van der Waals surface area contributed by atoms with Gasteiger partial charge in [-0.3, -0.25) is 4.79 Å². The highest BCUT2D eigenvalue weighted by Gasteiger charge is 2.49. The van der Waals surface area contributed by atoms with E-state index in [-0.39, 0.29) is 17.7 Å². The van der Waals surface area contributed by atoms with Crippen LogP contribution in [-0.2, 0) is 22.6 Å². The molecule has 5 heteroatoms. The molecule has 0 spiro atoms. The average molecular weight is 341 g/mol. The van der Waals surface area contributed by atoms with E-state index < -0.39 is 12.0 Å². The minimum absolute atomic E-state index is 0.00490. The molecule has 124 valence electrons. The van der Waals surface area contributed by atoms with Gasteiger partial charge in [0.05, 0.1) is 0 Å². The molecule has 4 rings (SSSR count). The highest BCUT2D eigenvalue weighted by molar-refractivity contribution is 7.10. The van der Waals surface area contributed by atoms with Gasteiger partial charge in [0.15, 0.2) is 0 Å². The number of hydrogen-bond acceptors (Lipinski definition) is 3. The molecule has 1 N–H and O–H groups in total. The maximum absolute atomic E-state index is 13.0. The van der Waals surface area contributed by atoms with Gasteiger partial charge in [0.2, 0.25) is 5.91 Å². The maximum atomic E-state index is 13.0. The van der Waals surface area contributed by atoms with Gasteiger partial charge in [-0.05, 0) is 41.5 Å². The monoisotopic (exact) mass is 341 g/mol. The van der Waals surface area contributed by atoms with E-state index in [1.807, 2.05) is 24.3 Å². The molecule has 3 atom stereocenters. The number of carboxylic acids is 1. The summed E-state index contributed by atoms with van der Waals surface area (Å²) in [5, 5.41) is 11.6. The summed E-state index contributed by atoms with van der Waals surface area (Å²) in [5.74, 6) is -0.712. The number of thiophene rings is 1. The molecular formula is C19H19NO3S. The van der Waals surface area contributed by atoms with Crippen molar-refractivity contribution in [3.8, 4) is 0 Å². The summed E-state index contributed by atoms with van der Waals surface area (Å²) in [6.07, 6.45) is 1.23. The van der Waals surface area contributed by atoms with Crippen LogP contribution in [0.25, 0.3) is 0 Å². The van der Waals surface area contributed by atoms with E-state index >= 15 is 0 Å². The van der Waals surface area contributed by atoms with E-state index in [2.05, 4.69) is 18.4 Å². The van der Waals surface area contributed by atoms with Gasteiger partial charge in [-0.1, -0.05) is 24.3 Å². The lowest BCUT2D eigenvalue weighted by Gasteiger charge is -2.34. The number of aryl methyl sites for hydroxylation is 1. The van der Waals surface area contributed by atoms with Crippen LogP contribution in [0.1, 0.15) is 33.9 Å². The largest absolute Gasteiger partial charge is 0.480 e. The van der Waals surface area contributed by atoms with Crippen molar-refractivity contribution in [3.63, 3.8) is 0 Å². The van der Waals surface area contributed by atoms with E-state index in [0.717, 1.165) is 17.5 Å². The van der Waals surface area contributed by atoms with Crippen molar-refractivity contribution in [2.45, 2.75) is 38.3 Å². The van der Waals surface area contributed by atoms with Crippen molar-refractivity contribution in [1.82, 2.24) is 4.90 Å². The molecule has 0 saturated heterocycles. The van der Waals surface area contributed by atoms with Crippen molar-refractivity contribution in [1.29, 1.82) is 0 Å². The van der Waals surface area contributed by atoms with E-state index in [4.69, 9.17) is 0 Å². The Morgan fingerprint density at radius 2 is 1.96 bits per heavy atom. The number of carboxylic acid groups (broad SMARTS) is 1. The van der Waals surface area contributed by atoms with Gasteiger partial charge >= 0.3 is 5.97 Å². The van der Waals surface area contributed by atoms with Crippen LogP contribution >= 0.6 is 11.3 Å². The number of amides is 1. The number of carbonyl (C=O) groups is 2. The van der Waals surface area contributed by atoms with Gasteiger partial charge in [0.25, 0.3) is 0 Å². The van der Waals surface area contributed by atoms with E-state index in [0.29, 0.717) is 13.0 Å².